The Balaban J connectivity index is 2.58. The Kier molecular flexibility index (Phi) is 3.23. The molecule has 0 atom stereocenters. The van der Waals surface area contributed by atoms with Crippen LogP contribution < -0.4 is 4.74 Å². The number of pyridine rings is 1. The zero-order chi connectivity index (χ0) is 13.1. The van der Waals surface area contributed by atoms with Crippen LogP contribution in [0.2, 0.25) is 0 Å². The summed E-state index contributed by atoms with van der Waals surface area (Å²) >= 11 is 0. The van der Waals surface area contributed by atoms with E-state index in [2.05, 4.69) is 4.98 Å². The number of aromatic nitrogens is 1. The summed E-state index contributed by atoms with van der Waals surface area (Å²) in [5.74, 6) is -1.54. The lowest BCUT2D eigenvalue weighted by Gasteiger charge is -2.07. The van der Waals surface area contributed by atoms with E-state index in [-0.39, 0.29) is 17.0 Å². The Morgan fingerprint density at radius 2 is 2.17 bits per heavy atom. The Labute approximate surface area is 103 Å². The van der Waals surface area contributed by atoms with E-state index in [9.17, 15) is 9.18 Å². The van der Waals surface area contributed by atoms with Gasteiger partial charge in [-0.3, -0.25) is 4.98 Å². The molecule has 1 aromatic heterocycles. The molecular formula is C13H10FNO3. The number of aromatic carboxylic acids is 1. The number of ether oxygens (including phenoxy) is 1. The second-order valence-corrected chi connectivity index (χ2v) is 3.55. The van der Waals surface area contributed by atoms with Crippen molar-refractivity contribution in [2.75, 3.05) is 7.11 Å². The highest BCUT2D eigenvalue weighted by Gasteiger charge is 2.14. The monoisotopic (exact) mass is 247 g/mol. The van der Waals surface area contributed by atoms with Crippen molar-refractivity contribution < 1.29 is 19.0 Å². The van der Waals surface area contributed by atoms with Crippen molar-refractivity contribution in [3.8, 4) is 17.0 Å². The highest BCUT2D eigenvalue weighted by molar-refractivity contribution is 5.94. The number of halogens is 1. The van der Waals surface area contributed by atoms with Crippen molar-refractivity contribution in [1.82, 2.24) is 4.98 Å². The third kappa shape index (κ3) is 2.15. The molecule has 2 rings (SSSR count). The molecule has 0 aliphatic rings. The molecule has 0 fully saturated rings. The van der Waals surface area contributed by atoms with Gasteiger partial charge in [0.25, 0.3) is 0 Å². The smallest absolute Gasteiger partial charge is 0.337 e. The van der Waals surface area contributed by atoms with Crippen LogP contribution in [0.4, 0.5) is 4.39 Å². The fraction of sp³-hybridized carbons (Fsp3) is 0.0769. The van der Waals surface area contributed by atoms with Crippen molar-refractivity contribution in [3.63, 3.8) is 0 Å². The third-order valence-corrected chi connectivity index (χ3v) is 2.46. The second-order valence-electron chi connectivity index (χ2n) is 3.55. The Bertz CT molecular complexity index is 599. The van der Waals surface area contributed by atoms with Crippen LogP contribution in [0.25, 0.3) is 11.3 Å². The van der Waals surface area contributed by atoms with Crippen molar-refractivity contribution in [3.05, 3.63) is 47.9 Å². The summed E-state index contributed by atoms with van der Waals surface area (Å²) in [6.07, 6.45) is 1.48. The second kappa shape index (κ2) is 4.83. The molecule has 0 aliphatic carbocycles. The number of carboxylic acid groups (broad SMARTS) is 1. The predicted molar refractivity (Wildman–Crippen MR) is 63.1 cm³/mol. The first-order chi connectivity index (χ1) is 8.63. The molecule has 0 amide bonds. The van der Waals surface area contributed by atoms with Crippen LogP contribution in [0, 0.1) is 5.82 Å². The van der Waals surface area contributed by atoms with Gasteiger partial charge in [-0.1, -0.05) is 0 Å². The summed E-state index contributed by atoms with van der Waals surface area (Å²) in [6, 6.07) is 7.08. The molecule has 0 unspecified atom stereocenters. The maximum absolute atomic E-state index is 13.3. The fourth-order valence-electron chi connectivity index (χ4n) is 1.62. The normalized spacial score (nSPS) is 10.1. The molecule has 0 saturated heterocycles. The molecule has 5 heteroatoms. The summed E-state index contributed by atoms with van der Waals surface area (Å²) < 4.78 is 18.1. The topological polar surface area (TPSA) is 59.4 Å². The van der Waals surface area contributed by atoms with Gasteiger partial charge in [-0.25, -0.2) is 9.18 Å². The van der Waals surface area contributed by atoms with Crippen LogP contribution >= 0.6 is 0 Å². The molecule has 18 heavy (non-hydrogen) atoms. The summed E-state index contributed by atoms with van der Waals surface area (Å²) in [4.78, 5) is 15.1. The summed E-state index contributed by atoms with van der Waals surface area (Å²) in [6.45, 7) is 0. The van der Waals surface area contributed by atoms with Gasteiger partial charge in [0.05, 0.1) is 18.4 Å². The van der Waals surface area contributed by atoms with Gasteiger partial charge in [-0.2, -0.15) is 0 Å². The molecule has 4 nitrogen and oxygen atoms in total. The summed E-state index contributed by atoms with van der Waals surface area (Å²) in [7, 11) is 1.35. The largest absolute Gasteiger partial charge is 0.494 e. The summed E-state index contributed by atoms with van der Waals surface area (Å²) in [5.41, 5.74) is 0.834. The maximum Gasteiger partial charge on any atom is 0.337 e. The molecule has 1 heterocycles. The van der Waals surface area contributed by atoms with Crippen molar-refractivity contribution in [2.24, 2.45) is 0 Å². The van der Waals surface area contributed by atoms with E-state index in [0.717, 1.165) is 0 Å². The van der Waals surface area contributed by atoms with Crippen molar-refractivity contribution in [2.45, 2.75) is 0 Å². The molecule has 0 spiro atoms. The first-order valence-electron chi connectivity index (χ1n) is 5.15. The van der Waals surface area contributed by atoms with Gasteiger partial charge >= 0.3 is 5.97 Å². The van der Waals surface area contributed by atoms with E-state index in [0.29, 0.717) is 5.56 Å². The zero-order valence-corrected chi connectivity index (χ0v) is 9.55. The molecular weight excluding hydrogens is 237 g/mol. The first kappa shape index (κ1) is 12.0. The van der Waals surface area contributed by atoms with E-state index in [4.69, 9.17) is 9.84 Å². The van der Waals surface area contributed by atoms with Crippen molar-refractivity contribution >= 4 is 5.97 Å². The highest BCUT2D eigenvalue weighted by Crippen LogP contribution is 2.27. The lowest BCUT2D eigenvalue weighted by atomic mass is 10.1. The number of carbonyl (C=O) groups is 1. The SMILES string of the molecule is COc1cc(-c2ncccc2C(=O)O)ccc1F. The van der Waals surface area contributed by atoms with Crippen LogP contribution in [-0.2, 0) is 0 Å². The molecule has 0 bridgehead atoms. The zero-order valence-electron chi connectivity index (χ0n) is 9.55. The van der Waals surface area contributed by atoms with E-state index >= 15 is 0 Å². The lowest BCUT2D eigenvalue weighted by molar-refractivity contribution is 0.0697. The van der Waals surface area contributed by atoms with E-state index in [1.54, 1.807) is 0 Å². The van der Waals surface area contributed by atoms with E-state index < -0.39 is 11.8 Å². The number of methoxy groups -OCH3 is 1. The van der Waals surface area contributed by atoms with Crippen LogP contribution in [0.1, 0.15) is 10.4 Å². The Morgan fingerprint density at radius 3 is 2.83 bits per heavy atom. The fourth-order valence-corrected chi connectivity index (χ4v) is 1.62. The van der Waals surface area contributed by atoms with Gasteiger partial charge in [-0.05, 0) is 30.3 Å². The minimum atomic E-state index is -1.08. The average Bonchev–Trinajstić information content (AvgIpc) is 2.39. The van der Waals surface area contributed by atoms with E-state index in [1.165, 1.54) is 43.6 Å². The number of rotatable bonds is 3. The van der Waals surface area contributed by atoms with E-state index in [1.807, 2.05) is 0 Å². The molecule has 2 aromatic rings. The minimum absolute atomic E-state index is 0.0505. The molecule has 0 saturated carbocycles. The number of nitrogens with zero attached hydrogens (tertiary/aromatic N) is 1. The lowest BCUT2D eigenvalue weighted by Crippen LogP contribution is -2.01. The van der Waals surface area contributed by atoms with Crippen LogP contribution in [-0.4, -0.2) is 23.2 Å². The maximum atomic E-state index is 13.3. The number of hydrogen-bond acceptors (Lipinski definition) is 3. The average molecular weight is 247 g/mol. The van der Waals surface area contributed by atoms with Crippen molar-refractivity contribution in [1.29, 1.82) is 0 Å². The molecule has 0 aliphatic heterocycles. The number of carboxylic acids is 1. The van der Waals surface area contributed by atoms with Crippen LogP contribution in [0.5, 0.6) is 5.75 Å². The molecule has 1 aromatic carbocycles. The quantitative estimate of drug-likeness (QED) is 0.905. The molecule has 92 valence electrons. The van der Waals surface area contributed by atoms with Crippen LogP contribution in [0.3, 0.4) is 0 Å². The molecule has 1 N–H and O–H groups in total. The van der Waals surface area contributed by atoms with Gasteiger partial charge in [0.2, 0.25) is 0 Å². The van der Waals surface area contributed by atoms with Gasteiger partial charge < -0.3 is 9.84 Å². The predicted octanol–water partition coefficient (Wildman–Crippen LogP) is 2.59. The first-order valence-corrected chi connectivity index (χ1v) is 5.15. The molecule has 0 radical (unpaired) electrons. The number of hydrogen-bond donors (Lipinski definition) is 1. The minimum Gasteiger partial charge on any atom is -0.494 e. The Morgan fingerprint density at radius 1 is 1.39 bits per heavy atom. The highest BCUT2D eigenvalue weighted by atomic mass is 19.1. The third-order valence-electron chi connectivity index (χ3n) is 2.46. The summed E-state index contributed by atoms with van der Waals surface area (Å²) in [5, 5.41) is 9.06. The van der Waals surface area contributed by atoms with Gasteiger partial charge in [0.15, 0.2) is 11.6 Å². The van der Waals surface area contributed by atoms with Gasteiger partial charge in [0.1, 0.15) is 0 Å². The number of benzene rings is 1. The Hall–Kier alpha value is -2.43. The standard InChI is InChI=1S/C13H10FNO3/c1-18-11-7-8(4-5-10(11)14)12-9(13(16)17)3-2-6-15-12/h2-7H,1H3,(H,16,17). The van der Waals surface area contributed by atoms with Gasteiger partial charge in [-0.15, -0.1) is 0 Å². The van der Waals surface area contributed by atoms with Gasteiger partial charge in [0, 0.05) is 11.8 Å². The van der Waals surface area contributed by atoms with Crippen LogP contribution in [0.15, 0.2) is 36.5 Å².